The number of cyclic esters (lactones) is 1. The van der Waals surface area contributed by atoms with Gasteiger partial charge in [-0.25, -0.2) is 9.69 Å². The van der Waals surface area contributed by atoms with E-state index >= 15 is 0 Å². The molecule has 0 saturated carbocycles. The molecular weight excluding hydrogens is 346 g/mol. The molecule has 2 rings (SSSR count). The third kappa shape index (κ3) is 6.04. The van der Waals surface area contributed by atoms with Gasteiger partial charge in [0, 0.05) is 6.61 Å². The van der Waals surface area contributed by atoms with Crippen LogP contribution in [0.15, 0.2) is 30.3 Å². The predicted molar refractivity (Wildman–Crippen MR) is 102 cm³/mol. The zero-order valence-electron chi connectivity index (χ0n) is 16.5. The molecule has 27 heavy (non-hydrogen) atoms. The van der Waals surface area contributed by atoms with E-state index in [1.165, 1.54) is 4.90 Å². The van der Waals surface area contributed by atoms with Crippen molar-refractivity contribution < 1.29 is 24.2 Å². The van der Waals surface area contributed by atoms with Crippen LogP contribution in [0.25, 0.3) is 0 Å². The van der Waals surface area contributed by atoms with Crippen LogP contribution in [0, 0.1) is 11.8 Å². The minimum atomic E-state index is -0.784. The van der Waals surface area contributed by atoms with E-state index < -0.39 is 18.1 Å². The van der Waals surface area contributed by atoms with Crippen molar-refractivity contribution >= 4 is 12.0 Å². The van der Waals surface area contributed by atoms with Gasteiger partial charge < -0.3 is 14.6 Å². The topological polar surface area (TPSA) is 76.1 Å². The highest BCUT2D eigenvalue weighted by Crippen LogP contribution is 2.24. The van der Waals surface area contributed by atoms with Crippen LogP contribution in [-0.2, 0) is 20.9 Å². The summed E-state index contributed by atoms with van der Waals surface area (Å²) in [4.78, 5) is 25.7. The molecule has 0 radical (unpaired) electrons. The lowest BCUT2D eigenvalue weighted by atomic mass is 9.96. The summed E-state index contributed by atoms with van der Waals surface area (Å²) in [5.41, 5.74) is 1.13. The average molecular weight is 377 g/mol. The molecule has 0 aliphatic carbocycles. The van der Waals surface area contributed by atoms with Gasteiger partial charge >= 0.3 is 6.09 Å². The quantitative estimate of drug-likeness (QED) is 0.633. The molecule has 0 bridgehead atoms. The Balaban J connectivity index is 1.69. The third-order valence-corrected chi connectivity index (χ3v) is 5.03. The van der Waals surface area contributed by atoms with E-state index in [9.17, 15) is 14.7 Å². The standard InChI is InChI=1S/C21H31NO5/c1-15(2)18-14-27-21(25)22(18)20(24)16(3)19(23)11-7-8-12-26-13-17-9-5-4-6-10-17/h4-6,9-10,15-16,18-19,23H,7-8,11-14H2,1-3H3/t16-,18+,19+/m0/s1. The Morgan fingerprint density at radius 3 is 2.63 bits per heavy atom. The Hall–Kier alpha value is -1.92. The number of carbonyl (C=O) groups is 2. The highest BCUT2D eigenvalue weighted by atomic mass is 16.6. The molecular formula is C21H31NO5. The number of hydrogen-bond acceptors (Lipinski definition) is 5. The molecule has 1 N–H and O–H groups in total. The molecule has 6 nitrogen and oxygen atoms in total. The van der Waals surface area contributed by atoms with Crippen molar-refractivity contribution in [3.8, 4) is 0 Å². The molecule has 0 unspecified atom stereocenters. The zero-order valence-corrected chi connectivity index (χ0v) is 16.5. The molecule has 3 atom stereocenters. The van der Waals surface area contributed by atoms with Gasteiger partial charge in [0.25, 0.3) is 0 Å². The first-order chi connectivity index (χ1) is 12.9. The molecule has 1 saturated heterocycles. The van der Waals surface area contributed by atoms with E-state index in [1.807, 2.05) is 44.2 Å². The minimum absolute atomic E-state index is 0.117. The number of carbonyl (C=O) groups excluding carboxylic acids is 2. The van der Waals surface area contributed by atoms with E-state index in [0.29, 0.717) is 19.6 Å². The minimum Gasteiger partial charge on any atom is -0.447 e. The maximum atomic E-state index is 12.6. The van der Waals surface area contributed by atoms with Crippen LogP contribution in [0.2, 0.25) is 0 Å². The van der Waals surface area contributed by atoms with Crippen molar-refractivity contribution in [2.45, 2.75) is 58.8 Å². The van der Waals surface area contributed by atoms with Crippen molar-refractivity contribution in [3.63, 3.8) is 0 Å². The fraction of sp³-hybridized carbons (Fsp3) is 0.619. The molecule has 1 heterocycles. The van der Waals surface area contributed by atoms with Crippen molar-refractivity contribution in [1.29, 1.82) is 0 Å². The summed E-state index contributed by atoms with van der Waals surface area (Å²) >= 11 is 0. The first-order valence-corrected chi connectivity index (χ1v) is 9.71. The Morgan fingerprint density at radius 1 is 1.26 bits per heavy atom. The summed E-state index contributed by atoms with van der Waals surface area (Å²) in [6.45, 7) is 6.97. The van der Waals surface area contributed by atoms with Gasteiger partial charge in [0.15, 0.2) is 0 Å². The number of imide groups is 1. The van der Waals surface area contributed by atoms with Crippen LogP contribution >= 0.6 is 0 Å². The Kier molecular flexibility index (Phi) is 8.25. The fourth-order valence-electron chi connectivity index (χ4n) is 3.14. The van der Waals surface area contributed by atoms with Gasteiger partial charge in [-0.05, 0) is 30.7 Å². The number of hydrogen-bond donors (Lipinski definition) is 1. The van der Waals surface area contributed by atoms with Gasteiger partial charge in [-0.3, -0.25) is 4.79 Å². The van der Waals surface area contributed by atoms with E-state index in [0.717, 1.165) is 18.4 Å². The number of aliphatic hydroxyl groups is 1. The molecule has 2 amide bonds. The monoisotopic (exact) mass is 377 g/mol. The highest BCUT2D eigenvalue weighted by molar-refractivity contribution is 5.94. The molecule has 1 aromatic rings. The second kappa shape index (κ2) is 10.4. The summed E-state index contributed by atoms with van der Waals surface area (Å²) in [5.74, 6) is -0.877. The number of unbranched alkanes of at least 4 members (excludes halogenated alkanes) is 1. The number of nitrogens with zero attached hydrogens (tertiary/aromatic N) is 1. The van der Waals surface area contributed by atoms with Crippen molar-refractivity contribution in [1.82, 2.24) is 4.90 Å². The van der Waals surface area contributed by atoms with Crippen LogP contribution in [0.5, 0.6) is 0 Å². The molecule has 0 aromatic heterocycles. The van der Waals surface area contributed by atoms with Crippen LogP contribution in [-0.4, -0.2) is 47.4 Å². The zero-order chi connectivity index (χ0) is 19.8. The number of rotatable bonds is 10. The lowest BCUT2D eigenvalue weighted by Gasteiger charge is -2.27. The van der Waals surface area contributed by atoms with E-state index in [-0.39, 0.29) is 24.5 Å². The normalized spacial score (nSPS) is 19.2. The molecule has 1 aromatic carbocycles. The van der Waals surface area contributed by atoms with Crippen molar-refractivity contribution in [2.75, 3.05) is 13.2 Å². The lowest BCUT2D eigenvalue weighted by molar-refractivity contribution is -0.137. The van der Waals surface area contributed by atoms with Gasteiger partial charge in [-0.2, -0.15) is 0 Å². The summed E-state index contributed by atoms with van der Waals surface area (Å²) in [6, 6.07) is 9.71. The van der Waals surface area contributed by atoms with Gasteiger partial charge in [0.2, 0.25) is 5.91 Å². The van der Waals surface area contributed by atoms with E-state index in [4.69, 9.17) is 9.47 Å². The average Bonchev–Trinajstić information content (AvgIpc) is 3.05. The summed E-state index contributed by atoms with van der Waals surface area (Å²) in [5, 5.41) is 10.4. The van der Waals surface area contributed by atoms with Gasteiger partial charge in [0.05, 0.1) is 24.7 Å². The molecule has 0 spiro atoms. The van der Waals surface area contributed by atoms with Gasteiger partial charge in [-0.15, -0.1) is 0 Å². The number of benzene rings is 1. The first-order valence-electron chi connectivity index (χ1n) is 9.71. The van der Waals surface area contributed by atoms with E-state index in [1.54, 1.807) is 6.92 Å². The number of aliphatic hydroxyl groups excluding tert-OH is 1. The smallest absolute Gasteiger partial charge is 0.416 e. The van der Waals surface area contributed by atoms with Crippen LogP contribution in [0.3, 0.4) is 0 Å². The Labute approximate surface area is 161 Å². The summed E-state index contributed by atoms with van der Waals surface area (Å²) < 4.78 is 10.6. The van der Waals surface area contributed by atoms with Crippen LogP contribution in [0.1, 0.15) is 45.6 Å². The summed E-state index contributed by atoms with van der Waals surface area (Å²) in [7, 11) is 0. The number of ether oxygens (including phenoxy) is 2. The maximum Gasteiger partial charge on any atom is 0.416 e. The first kappa shape index (κ1) is 21.4. The van der Waals surface area contributed by atoms with Crippen molar-refractivity contribution in [2.24, 2.45) is 11.8 Å². The third-order valence-electron chi connectivity index (χ3n) is 5.03. The van der Waals surface area contributed by atoms with Crippen molar-refractivity contribution in [3.05, 3.63) is 35.9 Å². The molecule has 1 aliphatic rings. The largest absolute Gasteiger partial charge is 0.447 e. The molecule has 150 valence electrons. The lowest BCUT2D eigenvalue weighted by Crippen LogP contribution is -2.46. The fourth-order valence-corrected chi connectivity index (χ4v) is 3.14. The van der Waals surface area contributed by atoms with Crippen LogP contribution < -0.4 is 0 Å². The predicted octanol–water partition coefficient (Wildman–Crippen LogP) is 3.37. The Morgan fingerprint density at radius 2 is 1.96 bits per heavy atom. The molecule has 1 fully saturated rings. The second-order valence-corrected chi connectivity index (χ2v) is 7.49. The van der Waals surface area contributed by atoms with Gasteiger partial charge in [-0.1, -0.05) is 51.1 Å². The molecule has 1 aliphatic heterocycles. The summed E-state index contributed by atoms with van der Waals surface area (Å²) in [6.07, 6.45) is 0.674. The van der Waals surface area contributed by atoms with Gasteiger partial charge in [0.1, 0.15) is 6.61 Å². The van der Waals surface area contributed by atoms with Crippen LogP contribution in [0.4, 0.5) is 4.79 Å². The Bertz CT molecular complexity index is 604. The highest BCUT2D eigenvalue weighted by Gasteiger charge is 2.42. The SMILES string of the molecule is CC(C)[C@H]1COC(=O)N1C(=O)[C@@H](C)[C@H](O)CCCCOCc1ccccc1. The van der Waals surface area contributed by atoms with E-state index in [2.05, 4.69) is 0 Å². The number of amides is 2. The molecule has 6 heteroatoms. The second-order valence-electron chi connectivity index (χ2n) is 7.49. The maximum absolute atomic E-state index is 12.6.